The fourth-order valence-electron chi connectivity index (χ4n) is 2.53. The highest BCUT2D eigenvalue weighted by Gasteiger charge is 2.15. The van der Waals surface area contributed by atoms with E-state index < -0.39 is 0 Å². The standard InChI is InChI=1S/C16H23N3/c1-5-14(10-15-11-19(6-2)18-17-15)16-9-7-8-12(3)13(16)4/h7-9,11,14H,5-6,10H2,1-4H3. The van der Waals surface area contributed by atoms with E-state index in [1.807, 2.05) is 4.68 Å². The van der Waals surface area contributed by atoms with Crippen molar-refractivity contribution in [3.05, 3.63) is 46.8 Å². The minimum absolute atomic E-state index is 0.530. The molecule has 0 aliphatic rings. The Bertz CT molecular complexity index is 543. The van der Waals surface area contributed by atoms with Crippen LogP contribution in [0.5, 0.6) is 0 Å². The fraction of sp³-hybridized carbons (Fsp3) is 0.500. The Kier molecular flexibility index (Phi) is 4.35. The molecule has 1 atom stereocenters. The monoisotopic (exact) mass is 257 g/mol. The van der Waals surface area contributed by atoms with Crippen LogP contribution in [-0.2, 0) is 13.0 Å². The minimum Gasteiger partial charge on any atom is -0.253 e. The summed E-state index contributed by atoms with van der Waals surface area (Å²) in [5.74, 6) is 0.530. The maximum atomic E-state index is 4.27. The van der Waals surface area contributed by atoms with E-state index in [-0.39, 0.29) is 0 Å². The molecule has 1 unspecified atom stereocenters. The lowest BCUT2D eigenvalue weighted by atomic mass is 9.87. The molecule has 0 N–H and O–H groups in total. The minimum atomic E-state index is 0.530. The van der Waals surface area contributed by atoms with E-state index in [4.69, 9.17) is 0 Å². The molecule has 0 radical (unpaired) electrons. The molecule has 0 aliphatic heterocycles. The van der Waals surface area contributed by atoms with Crippen LogP contribution in [0.15, 0.2) is 24.4 Å². The number of benzene rings is 1. The summed E-state index contributed by atoms with van der Waals surface area (Å²) in [5, 5.41) is 8.39. The van der Waals surface area contributed by atoms with E-state index in [1.165, 1.54) is 16.7 Å². The zero-order valence-corrected chi connectivity index (χ0v) is 12.3. The third-order valence-electron chi connectivity index (χ3n) is 3.94. The van der Waals surface area contributed by atoms with Gasteiger partial charge in [0.15, 0.2) is 0 Å². The van der Waals surface area contributed by atoms with E-state index in [1.54, 1.807) is 0 Å². The summed E-state index contributed by atoms with van der Waals surface area (Å²) < 4.78 is 1.89. The van der Waals surface area contributed by atoms with E-state index in [2.05, 4.69) is 62.4 Å². The van der Waals surface area contributed by atoms with Crippen molar-refractivity contribution in [3.8, 4) is 0 Å². The van der Waals surface area contributed by atoms with Gasteiger partial charge in [0.1, 0.15) is 0 Å². The highest BCUT2D eigenvalue weighted by molar-refractivity contribution is 5.36. The van der Waals surface area contributed by atoms with Crippen LogP contribution >= 0.6 is 0 Å². The van der Waals surface area contributed by atoms with Gasteiger partial charge in [-0.2, -0.15) is 0 Å². The van der Waals surface area contributed by atoms with Gasteiger partial charge in [0.25, 0.3) is 0 Å². The molecule has 0 saturated heterocycles. The normalized spacial score (nSPS) is 12.6. The number of nitrogens with zero attached hydrogens (tertiary/aromatic N) is 3. The SMILES string of the molecule is CCC(Cc1cn(CC)nn1)c1cccc(C)c1C. The molecule has 0 aliphatic carbocycles. The summed E-state index contributed by atoms with van der Waals surface area (Å²) in [5.41, 5.74) is 5.33. The fourth-order valence-corrected chi connectivity index (χ4v) is 2.53. The first-order chi connectivity index (χ1) is 9.15. The van der Waals surface area contributed by atoms with Gasteiger partial charge in [0.05, 0.1) is 5.69 Å². The molecule has 0 bridgehead atoms. The van der Waals surface area contributed by atoms with Crippen LogP contribution in [0.1, 0.15) is 48.6 Å². The van der Waals surface area contributed by atoms with Gasteiger partial charge in [-0.3, -0.25) is 4.68 Å². The van der Waals surface area contributed by atoms with Gasteiger partial charge in [-0.15, -0.1) is 5.10 Å². The Morgan fingerprint density at radius 1 is 1.21 bits per heavy atom. The zero-order chi connectivity index (χ0) is 13.8. The van der Waals surface area contributed by atoms with Crippen LogP contribution in [0.25, 0.3) is 0 Å². The molecule has 2 rings (SSSR count). The summed E-state index contributed by atoms with van der Waals surface area (Å²) in [6.45, 7) is 9.61. The van der Waals surface area contributed by atoms with Crippen LogP contribution in [0.2, 0.25) is 0 Å². The molecule has 1 aromatic heterocycles. The van der Waals surface area contributed by atoms with Crippen LogP contribution in [0, 0.1) is 13.8 Å². The second-order valence-electron chi connectivity index (χ2n) is 5.16. The first kappa shape index (κ1) is 13.8. The average molecular weight is 257 g/mol. The van der Waals surface area contributed by atoms with Crippen molar-refractivity contribution in [2.24, 2.45) is 0 Å². The summed E-state index contributed by atoms with van der Waals surface area (Å²) in [7, 11) is 0. The molecular formula is C16H23N3. The molecule has 102 valence electrons. The number of hydrogen-bond donors (Lipinski definition) is 0. The van der Waals surface area contributed by atoms with Gasteiger partial charge < -0.3 is 0 Å². The number of aromatic nitrogens is 3. The van der Waals surface area contributed by atoms with Crippen molar-refractivity contribution >= 4 is 0 Å². The molecule has 0 saturated carbocycles. The number of aryl methyl sites for hydroxylation is 2. The van der Waals surface area contributed by atoms with Gasteiger partial charge in [0.2, 0.25) is 0 Å². The Morgan fingerprint density at radius 3 is 2.63 bits per heavy atom. The predicted molar refractivity (Wildman–Crippen MR) is 78.3 cm³/mol. The van der Waals surface area contributed by atoms with Gasteiger partial charge in [-0.25, -0.2) is 0 Å². The van der Waals surface area contributed by atoms with E-state index in [0.717, 1.165) is 25.1 Å². The second-order valence-corrected chi connectivity index (χ2v) is 5.16. The highest BCUT2D eigenvalue weighted by atomic mass is 15.4. The van der Waals surface area contributed by atoms with Gasteiger partial charge in [-0.05, 0) is 56.2 Å². The van der Waals surface area contributed by atoms with E-state index >= 15 is 0 Å². The lowest BCUT2D eigenvalue weighted by Crippen LogP contribution is -2.05. The Morgan fingerprint density at radius 2 is 2.00 bits per heavy atom. The Labute approximate surface area is 115 Å². The first-order valence-corrected chi connectivity index (χ1v) is 7.10. The van der Waals surface area contributed by atoms with Gasteiger partial charge >= 0.3 is 0 Å². The van der Waals surface area contributed by atoms with Crippen molar-refractivity contribution < 1.29 is 0 Å². The molecule has 2 aromatic rings. The maximum absolute atomic E-state index is 4.27. The van der Waals surface area contributed by atoms with Crippen molar-refractivity contribution in [2.45, 2.75) is 53.0 Å². The van der Waals surface area contributed by atoms with Crippen molar-refractivity contribution in [3.63, 3.8) is 0 Å². The van der Waals surface area contributed by atoms with E-state index in [0.29, 0.717) is 5.92 Å². The largest absolute Gasteiger partial charge is 0.253 e. The molecule has 3 nitrogen and oxygen atoms in total. The highest BCUT2D eigenvalue weighted by Crippen LogP contribution is 2.27. The Balaban J connectivity index is 2.22. The van der Waals surface area contributed by atoms with E-state index in [9.17, 15) is 0 Å². The lowest BCUT2D eigenvalue weighted by Gasteiger charge is -2.17. The number of rotatable bonds is 5. The second kappa shape index (κ2) is 6.00. The third-order valence-corrected chi connectivity index (χ3v) is 3.94. The van der Waals surface area contributed by atoms with Crippen LogP contribution in [0.4, 0.5) is 0 Å². The third kappa shape index (κ3) is 3.03. The quantitative estimate of drug-likeness (QED) is 0.818. The molecule has 0 amide bonds. The molecular weight excluding hydrogens is 234 g/mol. The topological polar surface area (TPSA) is 30.7 Å². The number of hydrogen-bond acceptors (Lipinski definition) is 2. The van der Waals surface area contributed by atoms with Crippen molar-refractivity contribution in [1.82, 2.24) is 15.0 Å². The summed E-state index contributed by atoms with van der Waals surface area (Å²) >= 11 is 0. The molecule has 0 fully saturated rings. The lowest BCUT2D eigenvalue weighted by molar-refractivity contribution is 0.624. The van der Waals surface area contributed by atoms with Crippen LogP contribution in [0.3, 0.4) is 0 Å². The Hall–Kier alpha value is -1.64. The van der Waals surface area contributed by atoms with Crippen LogP contribution < -0.4 is 0 Å². The van der Waals surface area contributed by atoms with Gasteiger partial charge in [-0.1, -0.05) is 30.3 Å². The molecule has 19 heavy (non-hydrogen) atoms. The average Bonchev–Trinajstić information content (AvgIpc) is 2.87. The molecule has 1 aromatic carbocycles. The van der Waals surface area contributed by atoms with Crippen molar-refractivity contribution in [2.75, 3.05) is 0 Å². The van der Waals surface area contributed by atoms with Gasteiger partial charge in [0, 0.05) is 12.7 Å². The summed E-state index contributed by atoms with van der Waals surface area (Å²) in [6.07, 6.45) is 4.16. The first-order valence-electron chi connectivity index (χ1n) is 7.10. The molecule has 0 spiro atoms. The summed E-state index contributed by atoms with van der Waals surface area (Å²) in [4.78, 5) is 0. The van der Waals surface area contributed by atoms with Crippen LogP contribution in [-0.4, -0.2) is 15.0 Å². The maximum Gasteiger partial charge on any atom is 0.0833 e. The molecule has 1 heterocycles. The predicted octanol–water partition coefficient (Wildman–Crippen LogP) is 3.65. The zero-order valence-electron chi connectivity index (χ0n) is 12.3. The smallest absolute Gasteiger partial charge is 0.0833 e. The molecule has 3 heteroatoms. The summed E-state index contributed by atoms with van der Waals surface area (Å²) in [6, 6.07) is 6.59. The van der Waals surface area contributed by atoms with Crippen molar-refractivity contribution in [1.29, 1.82) is 0 Å².